The molecule has 12 nitrogen and oxygen atoms in total. The lowest BCUT2D eigenvalue weighted by molar-refractivity contribution is -0.170. The third-order valence-electron chi connectivity index (χ3n) is 12.6. The van der Waals surface area contributed by atoms with Crippen molar-refractivity contribution in [3.05, 3.63) is 47.7 Å². The van der Waals surface area contributed by atoms with Crippen LogP contribution in [-0.2, 0) is 11.2 Å². The van der Waals surface area contributed by atoms with Crippen molar-refractivity contribution in [2.75, 3.05) is 57.4 Å². The molecule has 4 aromatic rings. The molecule has 6 bridgehead atoms. The Bertz CT molecular complexity index is 2370. The van der Waals surface area contributed by atoms with Crippen molar-refractivity contribution in [3.63, 3.8) is 0 Å². The van der Waals surface area contributed by atoms with Gasteiger partial charge in [0.1, 0.15) is 35.2 Å². The second-order valence-electron chi connectivity index (χ2n) is 17.0. The maximum absolute atomic E-state index is 17.5. The van der Waals surface area contributed by atoms with Gasteiger partial charge in [0.25, 0.3) is 5.92 Å². The lowest BCUT2D eigenvalue weighted by Gasteiger charge is -2.44. The molecule has 0 aliphatic carbocycles. The molecule has 0 radical (unpaired) electrons. The number of aromatic nitrogens is 3. The Kier molecular flexibility index (Phi) is 9.89. The zero-order chi connectivity index (χ0) is 42.2. The van der Waals surface area contributed by atoms with Crippen LogP contribution in [0.2, 0.25) is 0 Å². The molecule has 19 heteroatoms. The van der Waals surface area contributed by atoms with Crippen molar-refractivity contribution in [2.24, 2.45) is 5.92 Å². The SMILES string of the molecule is CC12CN(CC(F)(F)C1)c1nc(OCC34CCCN3CCC4)nc3c(F)c(ncc13)-c1cc(OC(=O)N3CCC(C(F)(F)F)C3)cc3ccc(F)c(c13)CCCOC(=O)N2. The third kappa shape index (κ3) is 7.46. The standard InChI is InChI=1S/C41H42F7N7O5/c1-38-19-40(44,45)21-54(20-38)34-28-17-49-32(31(43)33(28)50-35(51-34)59-22-39-9-3-11-55(39)12-4-10-39)27-16-25(60-37(57)53-13-8-24(18-53)41(46,47)48)15-23-6-7-29(42)26(30(23)27)5-2-14-58-36(56)52-38/h6-7,15-17,24H,2-5,8-14,18-22H2,1H3,(H,52,56). The third-order valence-corrected chi connectivity index (χ3v) is 12.6. The van der Waals surface area contributed by atoms with E-state index in [9.17, 15) is 22.8 Å². The number of piperidine rings is 1. The minimum Gasteiger partial charge on any atom is -0.461 e. The molecular weight excluding hydrogens is 803 g/mol. The van der Waals surface area contributed by atoms with E-state index < -0.39 is 66.9 Å². The van der Waals surface area contributed by atoms with Gasteiger partial charge in [-0.05, 0) is 99.5 Å². The number of fused-ring (bicyclic) bond motifs is 7. The number of alkyl carbamates (subject to hydrolysis) is 1. The molecule has 6 aliphatic heterocycles. The number of nitrogens with zero attached hydrogens (tertiary/aromatic N) is 6. The van der Waals surface area contributed by atoms with Crippen LogP contribution in [-0.4, -0.2) is 113 Å². The summed E-state index contributed by atoms with van der Waals surface area (Å²) in [4.78, 5) is 44.4. The minimum absolute atomic E-state index is 0.0451. The summed E-state index contributed by atoms with van der Waals surface area (Å²) in [5.41, 5.74) is -2.51. The van der Waals surface area contributed by atoms with Crippen LogP contribution in [0.3, 0.4) is 0 Å². The highest BCUT2D eigenvalue weighted by Crippen LogP contribution is 2.43. The van der Waals surface area contributed by atoms with Crippen LogP contribution in [0, 0.1) is 17.6 Å². The second-order valence-corrected chi connectivity index (χ2v) is 17.0. The number of halogens is 7. The van der Waals surface area contributed by atoms with Crippen molar-refractivity contribution in [3.8, 4) is 23.0 Å². The van der Waals surface area contributed by atoms with Crippen molar-refractivity contribution < 1.29 is 54.5 Å². The number of rotatable bonds is 4. The van der Waals surface area contributed by atoms with Crippen LogP contribution in [0.25, 0.3) is 32.9 Å². The quantitative estimate of drug-likeness (QED) is 0.204. The number of benzene rings is 2. The van der Waals surface area contributed by atoms with Crippen molar-refractivity contribution in [1.82, 2.24) is 30.1 Å². The molecular formula is C41H42F7N7O5. The lowest BCUT2D eigenvalue weighted by atomic mass is 9.88. The summed E-state index contributed by atoms with van der Waals surface area (Å²) < 4.78 is 122. The van der Waals surface area contributed by atoms with Crippen molar-refractivity contribution in [2.45, 2.75) is 81.5 Å². The van der Waals surface area contributed by atoms with Gasteiger partial charge in [-0.15, -0.1) is 0 Å². The number of carbonyl (C=O) groups is 2. The lowest BCUT2D eigenvalue weighted by Crippen LogP contribution is -2.63. The number of carbonyl (C=O) groups excluding carboxylic acids is 2. The fourth-order valence-corrected chi connectivity index (χ4v) is 9.88. The maximum atomic E-state index is 17.5. The highest BCUT2D eigenvalue weighted by molar-refractivity contribution is 6.02. The average molecular weight is 846 g/mol. The van der Waals surface area contributed by atoms with Gasteiger partial charge in [0.05, 0.1) is 35.5 Å². The monoisotopic (exact) mass is 845 g/mol. The van der Waals surface area contributed by atoms with E-state index in [-0.39, 0.29) is 107 Å². The summed E-state index contributed by atoms with van der Waals surface area (Å²) in [6.45, 7) is 1.34. The topological polar surface area (TPSA) is 122 Å². The number of hydrogen-bond acceptors (Lipinski definition) is 10. The molecule has 2 atom stereocenters. The first-order valence-electron chi connectivity index (χ1n) is 20.1. The molecule has 2 unspecified atom stereocenters. The van der Waals surface area contributed by atoms with Crippen LogP contribution in [0.4, 0.5) is 46.1 Å². The summed E-state index contributed by atoms with van der Waals surface area (Å²) in [6, 6.07) is 4.91. The summed E-state index contributed by atoms with van der Waals surface area (Å²) in [6.07, 6.45) is -2.67. The number of likely N-dealkylation sites (tertiary alicyclic amines) is 1. The molecule has 4 saturated heterocycles. The largest absolute Gasteiger partial charge is 0.461 e. The fourth-order valence-electron chi connectivity index (χ4n) is 9.88. The number of anilines is 1. The van der Waals surface area contributed by atoms with Gasteiger partial charge in [0.2, 0.25) is 0 Å². The molecule has 2 aromatic carbocycles. The number of nitrogens with one attached hydrogen (secondary N) is 1. The molecule has 60 heavy (non-hydrogen) atoms. The number of aryl methyl sites for hydroxylation is 1. The van der Waals surface area contributed by atoms with E-state index in [4.69, 9.17) is 14.2 Å². The fraction of sp³-hybridized carbons (Fsp3) is 0.537. The van der Waals surface area contributed by atoms with E-state index in [0.717, 1.165) is 49.7 Å². The van der Waals surface area contributed by atoms with Crippen LogP contribution in [0.1, 0.15) is 57.4 Å². The predicted octanol–water partition coefficient (Wildman–Crippen LogP) is 7.79. The van der Waals surface area contributed by atoms with E-state index >= 15 is 17.6 Å². The van der Waals surface area contributed by atoms with E-state index in [0.29, 0.717) is 0 Å². The van der Waals surface area contributed by atoms with Gasteiger partial charge in [-0.25, -0.2) is 27.2 Å². The van der Waals surface area contributed by atoms with Crippen molar-refractivity contribution in [1.29, 1.82) is 0 Å². The number of pyridine rings is 1. The zero-order valence-electron chi connectivity index (χ0n) is 32.6. The van der Waals surface area contributed by atoms with Gasteiger partial charge < -0.3 is 29.3 Å². The summed E-state index contributed by atoms with van der Waals surface area (Å²) >= 11 is 0. The number of amides is 2. The Hall–Kier alpha value is -5.20. The maximum Gasteiger partial charge on any atom is 0.415 e. The smallest absolute Gasteiger partial charge is 0.415 e. The van der Waals surface area contributed by atoms with Crippen molar-refractivity contribution >= 4 is 39.7 Å². The predicted molar refractivity (Wildman–Crippen MR) is 203 cm³/mol. The minimum atomic E-state index is -4.51. The molecule has 10 rings (SSSR count). The number of hydrogen-bond donors (Lipinski definition) is 1. The van der Waals surface area contributed by atoms with Crippen LogP contribution < -0.4 is 19.7 Å². The Morgan fingerprint density at radius 3 is 2.58 bits per heavy atom. The van der Waals surface area contributed by atoms with Crippen LogP contribution >= 0.6 is 0 Å². The molecule has 4 fully saturated rings. The highest BCUT2D eigenvalue weighted by atomic mass is 19.4. The second kappa shape index (κ2) is 14.8. The summed E-state index contributed by atoms with van der Waals surface area (Å²) in [5.74, 6) is -7.10. The Balaban J connectivity index is 1.20. The Morgan fingerprint density at radius 1 is 1.05 bits per heavy atom. The van der Waals surface area contributed by atoms with E-state index in [1.807, 2.05) is 0 Å². The molecule has 320 valence electrons. The van der Waals surface area contributed by atoms with Gasteiger partial charge in [-0.3, -0.25) is 9.88 Å². The summed E-state index contributed by atoms with van der Waals surface area (Å²) in [5, 5.41) is 2.98. The highest BCUT2D eigenvalue weighted by Gasteiger charge is 2.49. The molecule has 2 aromatic heterocycles. The first-order valence-corrected chi connectivity index (χ1v) is 20.1. The molecule has 0 spiro atoms. The molecule has 6 aliphatic rings. The van der Waals surface area contributed by atoms with Gasteiger partial charge in [0.15, 0.2) is 5.82 Å². The van der Waals surface area contributed by atoms with Gasteiger partial charge >= 0.3 is 24.4 Å². The van der Waals surface area contributed by atoms with Gasteiger partial charge in [-0.1, -0.05) is 6.07 Å². The van der Waals surface area contributed by atoms with E-state index in [1.54, 1.807) is 0 Å². The zero-order valence-corrected chi connectivity index (χ0v) is 32.6. The molecule has 2 amide bonds. The first kappa shape index (κ1) is 40.2. The van der Waals surface area contributed by atoms with E-state index in [2.05, 4.69) is 25.2 Å². The van der Waals surface area contributed by atoms with Crippen LogP contribution in [0.15, 0.2) is 30.5 Å². The van der Waals surface area contributed by atoms with Crippen LogP contribution in [0.5, 0.6) is 11.8 Å². The summed E-state index contributed by atoms with van der Waals surface area (Å²) in [7, 11) is 0. The van der Waals surface area contributed by atoms with E-state index in [1.165, 1.54) is 36.2 Å². The molecule has 0 saturated carbocycles. The molecule has 1 N–H and O–H groups in total. The first-order chi connectivity index (χ1) is 28.5. The van der Waals surface area contributed by atoms with Gasteiger partial charge in [0, 0.05) is 37.8 Å². The van der Waals surface area contributed by atoms with Gasteiger partial charge in [-0.2, -0.15) is 23.1 Å². The number of alkyl halides is 5. The number of ether oxygens (including phenoxy) is 3. The normalized spacial score (nSPS) is 24.1. The Labute approximate surface area is 339 Å². The average Bonchev–Trinajstić information content (AvgIpc) is 3.92. The Morgan fingerprint density at radius 2 is 1.83 bits per heavy atom. The molecule has 8 heterocycles.